The van der Waals surface area contributed by atoms with Crippen molar-refractivity contribution in [3.8, 4) is 0 Å². The van der Waals surface area contributed by atoms with Gasteiger partial charge in [0.25, 0.3) is 0 Å². The summed E-state index contributed by atoms with van der Waals surface area (Å²) in [5.41, 5.74) is 0. The van der Waals surface area contributed by atoms with Gasteiger partial charge < -0.3 is 0 Å². The third kappa shape index (κ3) is 27.3. The summed E-state index contributed by atoms with van der Waals surface area (Å²) < 4.78 is 3.30. The average Bonchev–Trinajstić information content (AvgIpc) is 3.15. The summed E-state index contributed by atoms with van der Waals surface area (Å²) in [6, 6.07) is 29.2. The van der Waals surface area contributed by atoms with Crippen molar-refractivity contribution in [2.45, 2.75) is 370 Å². The van der Waals surface area contributed by atoms with E-state index in [9.17, 15) is 0 Å². The van der Waals surface area contributed by atoms with Gasteiger partial charge in [-0.2, -0.15) is 0 Å². The molecular formula is C75H165CrSi6. The van der Waals surface area contributed by atoms with Gasteiger partial charge in [0, 0.05) is 0 Å². The topological polar surface area (TPSA) is 0 Å². The Morgan fingerprint density at radius 3 is 0.244 bits per heavy atom. The van der Waals surface area contributed by atoms with Gasteiger partial charge in [-0.05, 0) is 0 Å². The van der Waals surface area contributed by atoms with Crippen molar-refractivity contribution in [3.63, 3.8) is 0 Å². The van der Waals surface area contributed by atoms with Crippen LogP contribution in [-0.2, 0) is 14.1 Å². The van der Waals surface area contributed by atoms with Crippen LogP contribution in [0.15, 0.2) is 0 Å². The normalized spacial score (nSPS) is 14.7. The van der Waals surface area contributed by atoms with Crippen LogP contribution in [0.3, 0.4) is 0 Å². The summed E-state index contributed by atoms with van der Waals surface area (Å²) >= 11 is -1.73. The average molecular weight is 1290 g/mol. The summed E-state index contributed by atoms with van der Waals surface area (Å²) in [6.07, 6.45) is 0. The number of hydrogen-bond acceptors (Lipinski definition) is 0. The van der Waals surface area contributed by atoms with E-state index in [2.05, 4.69) is 249 Å². The van der Waals surface area contributed by atoms with E-state index < -0.39 is 62.6 Å². The zero-order valence-electron chi connectivity index (χ0n) is 64.3. The van der Waals surface area contributed by atoms with E-state index in [4.69, 9.17) is 0 Å². The second-order valence-corrected chi connectivity index (χ2v) is 75.0. The standard InChI is InChI=1S/3C25H55Si2.Cr/c3*1-20(2)13-26(14-21(3)4,15-22(5)6)19-27(16-23(7)8,17-24(9)10)18-25(11)12;/h3*19-25H,13-18H2,1-12H3;. The van der Waals surface area contributed by atoms with Gasteiger partial charge in [-0.1, -0.05) is 0 Å². The SMILES string of the molecule is CC(C)C[Si](CC(C)C)(CC(C)C)[CH]([Cr]([CH]([Si](CC(C)C)(CC(C)C)CC(C)C)[Si](CC(C)C)(CC(C)C)CC(C)C)[CH]([Si](CC(C)C)(CC(C)C)CC(C)C)[Si](CC(C)C)(CC(C)C)CC(C)C)[Si](CC(C)C)(CC(C)C)CC(C)C. The molecule has 7 heteroatoms. The van der Waals surface area contributed by atoms with Crippen molar-refractivity contribution in [1.82, 2.24) is 0 Å². The fourth-order valence-electron chi connectivity index (χ4n) is 22.2. The third-order valence-electron chi connectivity index (χ3n) is 18.8. The summed E-state index contributed by atoms with van der Waals surface area (Å²) in [5, 5.41) is 0. The van der Waals surface area contributed by atoms with E-state index in [0.717, 1.165) is 119 Å². The zero-order valence-corrected chi connectivity index (χ0v) is 71.5. The van der Waals surface area contributed by atoms with Crippen LogP contribution in [0.4, 0.5) is 0 Å². The zero-order chi connectivity index (χ0) is 64.4. The second-order valence-electron chi connectivity index (χ2n) is 38.5. The first-order chi connectivity index (χ1) is 37.2. The Kier molecular flexibility index (Phi) is 38.2. The molecule has 0 aromatic rings. The fourth-order valence-corrected chi connectivity index (χ4v) is 123. The van der Waals surface area contributed by atoms with Gasteiger partial charge in [0.1, 0.15) is 0 Å². The minimum atomic E-state index is -2.23. The van der Waals surface area contributed by atoms with Crippen molar-refractivity contribution in [2.24, 2.45) is 107 Å². The first-order valence-corrected chi connectivity index (χ1v) is 55.3. The van der Waals surface area contributed by atoms with Crippen LogP contribution in [0.25, 0.3) is 0 Å². The number of rotatable bonds is 45. The summed E-state index contributed by atoms with van der Waals surface area (Å²) in [4.78, 5) is 0. The molecule has 0 saturated heterocycles. The van der Waals surface area contributed by atoms with Crippen LogP contribution in [0.2, 0.25) is 121 Å². The molecule has 0 amide bonds. The Bertz CT molecular complexity index is 1180. The first kappa shape index (κ1) is 83.8. The minimum absolute atomic E-state index is 0.764. The van der Waals surface area contributed by atoms with Crippen LogP contribution in [-0.4, -0.2) is 48.4 Å². The second kappa shape index (κ2) is 37.4. The Hall–Kier alpha value is 1.83. The summed E-state index contributed by atoms with van der Waals surface area (Å²) in [7, 11) is -13.4. The van der Waals surface area contributed by atoms with E-state index in [-0.39, 0.29) is 0 Å². The molecule has 0 nitrogen and oxygen atoms in total. The van der Waals surface area contributed by atoms with Gasteiger partial charge in [0.15, 0.2) is 0 Å². The van der Waals surface area contributed by atoms with Crippen LogP contribution in [0.1, 0.15) is 249 Å². The van der Waals surface area contributed by atoms with Gasteiger partial charge in [-0.25, -0.2) is 0 Å². The molecule has 0 rings (SSSR count). The van der Waals surface area contributed by atoms with Crippen molar-refractivity contribution in [1.29, 1.82) is 0 Å². The van der Waals surface area contributed by atoms with Gasteiger partial charge in [0.2, 0.25) is 0 Å². The Morgan fingerprint density at radius 2 is 0.195 bits per heavy atom. The predicted molar refractivity (Wildman–Crippen MR) is 399 cm³/mol. The van der Waals surface area contributed by atoms with Gasteiger partial charge >= 0.3 is 539 Å². The molecule has 0 saturated carbocycles. The van der Waals surface area contributed by atoms with Gasteiger partial charge in [-0.15, -0.1) is 0 Å². The molecule has 0 spiro atoms. The molecule has 0 heterocycles. The van der Waals surface area contributed by atoms with E-state index >= 15 is 0 Å². The van der Waals surface area contributed by atoms with Crippen molar-refractivity contribution < 1.29 is 14.1 Å². The molecule has 0 aromatic carbocycles. The number of hydrogen-bond donors (Lipinski definition) is 0. The van der Waals surface area contributed by atoms with Crippen LogP contribution in [0, 0.1) is 107 Å². The molecule has 0 aliphatic rings. The third-order valence-corrected chi connectivity index (χ3v) is 89.2. The van der Waals surface area contributed by atoms with Crippen molar-refractivity contribution in [3.05, 3.63) is 0 Å². The van der Waals surface area contributed by atoms with Crippen molar-refractivity contribution in [2.75, 3.05) is 0 Å². The van der Waals surface area contributed by atoms with E-state index in [1.807, 2.05) is 0 Å². The quantitative estimate of drug-likeness (QED) is 0.0533. The van der Waals surface area contributed by atoms with E-state index in [1.54, 1.807) is 109 Å². The van der Waals surface area contributed by atoms with Crippen LogP contribution in [0.5, 0.6) is 0 Å². The Labute approximate surface area is 535 Å². The molecule has 0 aromatic heterocycles. The Morgan fingerprint density at radius 1 is 0.134 bits per heavy atom. The molecule has 0 aliphatic carbocycles. The van der Waals surface area contributed by atoms with Gasteiger partial charge in [-0.3, -0.25) is 0 Å². The van der Waals surface area contributed by atoms with Gasteiger partial charge in [0.05, 0.1) is 0 Å². The fraction of sp³-hybridized carbons (Fsp3) is 1.00. The first-order valence-electron chi connectivity index (χ1n) is 36.9. The predicted octanol–water partition coefficient (Wildman–Crippen LogP) is 27.7. The molecule has 0 atom stereocenters. The molecule has 495 valence electrons. The van der Waals surface area contributed by atoms with Crippen molar-refractivity contribution >= 4 is 48.4 Å². The van der Waals surface area contributed by atoms with E-state index in [0.29, 0.717) is 0 Å². The monoisotopic (exact) mass is 1290 g/mol. The molecule has 0 bridgehead atoms. The summed E-state index contributed by atoms with van der Waals surface area (Å²) in [5.74, 6) is 13.8. The molecule has 0 fully saturated rings. The summed E-state index contributed by atoms with van der Waals surface area (Å²) in [6.45, 7) is 101. The molecule has 0 N–H and O–H groups in total. The molecule has 82 heavy (non-hydrogen) atoms. The van der Waals surface area contributed by atoms with Crippen LogP contribution >= 0.6 is 0 Å². The maximum atomic E-state index is 2.80. The Balaban J connectivity index is 13.1. The molecule has 0 radical (unpaired) electrons. The molecule has 0 unspecified atom stereocenters. The molecule has 0 aliphatic heterocycles. The van der Waals surface area contributed by atoms with E-state index in [1.165, 1.54) is 0 Å². The molecular weight excluding hydrogens is 1120 g/mol. The maximum absolute atomic E-state index is 2.80. The van der Waals surface area contributed by atoms with Crippen LogP contribution < -0.4 is 0 Å².